The minimum absolute atomic E-state index is 0. The average molecular weight is 801 g/mol. The fraction of sp³-hybridized carbons (Fsp3) is 0. The van der Waals surface area contributed by atoms with Crippen molar-refractivity contribution in [2.24, 2.45) is 30.7 Å². The fourth-order valence-electron chi connectivity index (χ4n) is 5.05. The Balaban J connectivity index is 0.00000561. The van der Waals surface area contributed by atoms with Gasteiger partial charge in [-0.2, -0.15) is 40.6 Å². The second-order valence-corrected chi connectivity index (χ2v) is 15.2. The Bertz CT molecular complexity index is 2890. The number of anilines is 1. The van der Waals surface area contributed by atoms with Crippen molar-refractivity contribution in [3.8, 4) is 11.5 Å². The van der Waals surface area contributed by atoms with Gasteiger partial charge < -0.3 is 15.9 Å². The SMILES string of the molecule is Nc1c(N=Nc2ccc(N=Nc3c(O)ccc4cc(S(=O)(=O)O)ccc34)cc2)c(S(=O)(=O)O)cc2cc(S(=O)(=O)O)c(N=Nc3ccccc3)c(O)c12.[Na]. The average Bonchev–Trinajstić information content (AvgIpc) is 3.09. The maximum Gasteiger partial charge on any atom is 0.296 e. The molecule has 0 fully saturated rings. The van der Waals surface area contributed by atoms with E-state index in [1.165, 1.54) is 60.7 Å². The van der Waals surface area contributed by atoms with Crippen LogP contribution in [0.15, 0.2) is 142 Å². The van der Waals surface area contributed by atoms with E-state index >= 15 is 0 Å². The Kier molecular flexibility index (Phi) is 11.3. The number of azo groups is 3. The predicted octanol–water partition coefficient (Wildman–Crippen LogP) is 7.59. The number of aromatic hydroxyl groups is 2. The summed E-state index contributed by atoms with van der Waals surface area (Å²) >= 11 is 0. The molecule has 6 rings (SSSR count). The van der Waals surface area contributed by atoms with Gasteiger partial charge in [-0.25, -0.2) is 0 Å². The molecule has 18 nitrogen and oxygen atoms in total. The standard InChI is InChI=1S/C32H23N7O11S3.Na/c33-28-27-18(16-26(53(48,49)50)31(32(27)41)39-34-19-4-2-1-3-5-19)15-25(52(45,46)47)30(28)38-36-21-9-7-20(8-10-21)35-37-29-23-12-11-22(51(42,43)44)14-17(23)6-13-24(29)40;/h1-16,40-41H,33H2,(H,42,43,44)(H,45,46,47)(H,48,49,50);. The molecule has 6 aromatic rings. The summed E-state index contributed by atoms with van der Waals surface area (Å²) in [6, 6.07) is 21.6. The van der Waals surface area contributed by atoms with Gasteiger partial charge in [-0.05, 0) is 77.5 Å². The van der Waals surface area contributed by atoms with Crippen molar-refractivity contribution < 1.29 is 49.1 Å². The van der Waals surface area contributed by atoms with Gasteiger partial charge in [0.25, 0.3) is 30.4 Å². The van der Waals surface area contributed by atoms with E-state index in [9.17, 15) is 49.1 Å². The molecule has 1 radical (unpaired) electrons. The Morgan fingerprint density at radius 2 is 1.00 bits per heavy atom. The molecule has 0 spiro atoms. The maximum absolute atomic E-state index is 12.4. The smallest absolute Gasteiger partial charge is 0.296 e. The summed E-state index contributed by atoms with van der Waals surface area (Å²) in [5.74, 6) is -1.17. The van der Waals surface area contributed by atoms with E-state index in [1.54, 1.807) is 18.2 Å². The Morgan fingerprint density at radius 1 is 0.500 bits per heavy atom. The van der Waals surface area contributed by atoms with E-state index in [0.717, 1.165) is 18.2 Å². The number of rotatable bonds is 9. The van der Waals surface area contributed by atoms with Crippen LogP contribution in [0.25, 0.3) is 21.5 Å². The molecule has 7 N–H and O–H groups in total. The van der Waals surface area contributed by atoms with E-state index < -0.39 is 63.0 Å². The van der Waals surface area contributed by atoms with Crippen LogP contribution in [0.4, 0.5) is 39.8 Å². The first-order chi connectivity index (χ1) is 24.9. The third kappa shape index (κ3) is 8.44. The summed E-state index contributed by atoms with van der Waals surface area (Å²) < 4.78 is 102. The molecule has 6 aromatic carbocycles. The number of hydrogen-bond donors (Lipinski definition) is 6. The maximum atomic E-state index is 12.4. The molecule has 0 unspecified atom stereocenters. The number of nitrogen functional groups attached to an aromatic ring is 1. The zero-order valence-electron chi connectivity index (χ0n) is 27.4. The number of nitrogens with zero attached hydrogens (tertiary/aromatic N) is 6. The van der Waals surface area contributed by atoms with Crippen LogP contribution >= 0.6 is 0 Å². The Labute approximate surface area is 328 Å². The van der Waals surface area contributed by atoms with E-state index in [0.29, 0.717) is 10.8 Å². The number of fused-ring (bicyclic) bond motifs is 2. The first-order valence-electron chi connectivity index (χ1n) is 14.6. The molecule has 0 aliphatic carbocycles. The molecule has 0 aromatic heterocycles. The molecule has 0 atom stereocenters. The quantitative estimate of drug-likeness (QED) is 0.0356. The van der Waals surface area contributed by atoms with Gasteiger partial charge in [0.15, 0.2) is 5.75 Å². The van der Waals surface area contributed by atoms with Gasteiger partial charge in [0.05, 0.1) is 33.0 Å². The molecular weight excluding hydrogens is 778 g/mol. The molecule has 0 amide bonds. The Hall–Kier alpha value is -5.23. The summed E-state index contributed by atoms with van der Waals surface area (Å²) in [6.45, 7) is 0. The van der Waals surface area contributed by atoms with Crippen LogP contribution in [-0.4, -0.2) is 78.7 Å². The molecule has 0 saturated carbocycles. The van der Waals surface area contributed by atoms with Crippen LogP contribution in [0.5, 0.6) is 11.5 Å². The fourth-order valence-corrected chi connectivity index (χ4v) is 6.90. The number of phenolic OH excluding ortho intramolecular Hbond substituents is 2. The van der Waals surface area contributed by atoms with Crippen molar-refractivity contribution in [1.82, 2.24) is 0 Å². The number of hydrogen-bond acceptors (Lipinski definition) is 15. The summed E-state index contributed by atoms with van der Waals surface area (Å²) in [5.41, 5.74) is 4.97. The summed E-state index contributed by atoms with van der Waals surface area (Å²) in [7, 11) is -14.6. The van der Waals surface area contributed by atoms with Gasteiger partial charge in [-0.15, -0.1) is 15.3 Å². The number of phenols is 2. The topological polar surface area (TPSA) is 304 Å². The molecule has 22 heteroatoms. The monoisotopic (exact) mass is 800 g/mol. The van der Waals surface area contributed by atoms with Crippen LogP contribution < -0.4 is 5.73 Å². The first-order valence-corrected chi connectivity index (χ1v) is 18.9. The molecule has 0 bridgehead atoms. The van der Waals surface area contributed by atoms with E-state index in [4.69, 9.17) is 5.73 Å². The van der Waals surface area contributed by atoms with Crippen LogP contribution in [0.1, 0.15) is 0 Å². The van der Waals surface area contributed by atoms with Crippen molar-refractivity contribution in [2.75, 3.05) is 5.73 Å². The molecule has 0 saturated heterocycles. The second kappa shape index (κ2) is 15.3. The molecular formula is C32H23N7NaO11S3. The van der Waals surface area contributed by atoms with Gasteiger partial charge in [-0.1, -0.05) is 30.3 Å². The van der Waals surface area contributed by atoms with Crippen LogP contribution in [0.2, 0.25) is 0 Å². The second-order valence-electron chi connectivity index (χ2n) is 11.0. The summed E-state index contributed by atoms with van der Waals surface area (Å²) in [4.78, 5) is -2.19. The summed E-state index contributed by atoms with van der Waals surface area (Å²) in [5, 5.41) is 45.3. The molecule has 0 aliphatic rings. The minimum Gasteiger partial charge on any atom is -0.506 e. The zero-order valence-corrected chi connectivity index (χ0v) is 31.9. The molecule has 0 heterocycles. The van der Waals surface area contributed by atoms with Gasteiger partial charge in [0.2, 0.25) is 0 Å². The molecule has 0 aliphatic heterocycles. The van der Waals surface area contributed by atoms with Crippen molar-refractivity contribution in [3.05, 3.63) is 97.1 Å². The van der Waals surface area contributed by atoms with Crippen molar-refractivity contribution >= 4 is 121 Å². The predicted molar refractivity (Wildman–Crippen MR) is 196 cm³/mol. The summed E-state index contributed by atoms with van der Waals surface area (Å²) in [6.07, 6.45) is 0. The Morgan fingerprint density at radius 3 is 1.54 bits per heavy atom. The van der Waals surface area contributed by atoms with Gasteiger partial charge in [-0.3, -0.25) is 13.7 Å². The zero-order chi connectivity index (χ0) is 38.3. The van der Waals surface area contributed by atoms with Gasteiger partial charge in [0.1, 0.15) is 32.6 Å². The van der Waals surface area contributed by atoms with Crippen molar-refractivity contribution in [1.29, 1.82) is 0 Å². The van der Waals surface area contributed by atoms with Crippen LogP contribution in [-0.2, 0) is 30.4 Å². The third-order valence-corrected chi connectivity index (χ3v) is 10.1. The number of nitrogens with two attached hydrogens (primary N) is 1. The first kappa shape index (κ1) is 40.0. The molecule has 271 valence electrons. The molecule has 54 heavy (non-hydrogen) atoms. The minimum atomic E-state index is -5.10. The largest absolute Gasteiger partial charge is 0.506 e. The van der Waals surface area contributed by atoms with Crippen LogP contribution in [0, 0.1) is 0 Å². The van der Waals surface area contributed by atoms with E-state index in [-0.39, 0.29) is 73.7 Å². The van der Waals surface area contributed by atoms with E-state index in [1.807, 2.05) is 0 Å². The van der Waals surface area contributed by atoms with Crippen LogP contribution in [0.3, 0.4) is 0 Å². The van der Waals surface area contributed by atoms with Crippen molar-refractivity contribution in [3.63, 3.8) is 0 Å². The van der Waals surface area contributed by atoms with Crippen molar-refractivity contribution in [2.45, 2.75) is 14.7 Å². The third-order valence-electron chi connectivity index (χ3n) is 7.51. The van der Waals surface area contributed by atoms with E-state index in [2.05, 4.69) is 30.7 Å². The van der Waals surface area contributed by atoms with Gasteiger partial charge in [0, 0.05) is 34.9 Å². The number of benzene rings is 6. The van der Waals surface area contributed by atoms with Gasteiger partial charge >= 0.3 is 0 Å². The normalized spacial score (nSPS) is 12.6.